The van der Waals surface area contributed by atoms with Gasteiger partial charge in [-0.15, -0.1) is 78.9 Å². The first-order valence-corrected chi connectivity index (χ1v) is 36.8. The van der Waals surface area contributed by atoms with Crippen molar-refractivity contribution in [3.63, 3.8) is 0 Å². The number of hydrogen-bond donors (Lipinski definition) is 0. The summed E-state index contributed by atoms with van der Waals surface area (Å²) < 4.78 is 131. The van der Waals surface area contributed by atoms with E-state index in [9.17, 15) is 75.1 Å². The zero-order chi connectivity index (χ0) is 77.2. The SMILES string of the molecule is C=C.C=C.C=C.C=C.C=C.C=C.CC(=O)N(C)C.CC(=O)N(C)C.CC(C)=O.CCC.CN(C)C.CN(C)S(C)(=O)=O.CN(C)S(C)(=O)=O.CN(S(C)(=O)=O)S(C)(=O)=O.COC(=O)OC.COC(C)=O.COC(C)=O.CS(C)(=O)=O.CS(C)=O.CSC. The van der Waals surface area contributed by atoms with Crippen LogP contribution in [0.25, 0.3) is 0 Å². The summed E-state index contributed by atoms with van der Waals surface area (Å²) in [5.74, 6) is -0.139. The number of hydrogen-bond acceptors (Lipinski definition) is 23. The Morgan fingerprint density at radius 1 is 0.402 bits per heavy atom. The Hall–Kier alpha value is -4.65. The smallest absolute Gasteiger partial charge is 0.469 e. The van der Waals surface area contributed by atoms with Crippen LogP contribution in [0.5, 0.6) is 0 Å². The third-order valence-electron chi connectivity index (χ3n) is 4.43. The monoisotopic (exact) mass is 1410 g/mol. The molecule has 0 radical (unpaired) electrons. The molecule has 0 saturated heterocycles. The number of esters is 2. The standard InChI is InChI=1S/2C4H9NO.C3H9NO4S2.2C3H9NO2S.C3H9N.C3H6O3.2C3H6O2.C3H6O.C3H8.C2H6O2S.C2H6OS.C2H6S.6C2H4/c2*1-4(6)5(2)3;1-4(9(2,5)6)10(3,7)8;2*1-4(2)7(3,5)6;1-4(2)3;1-5-3(4)6-2;2*1-3(4)5-2;1-3(2)4;1-3-2;1-5(2,3)4;1-4(2)3;1-3-2;6*1-2/h2*1-3H3;1-3H3;2*1-3H3;1-3H3;1-2H3;2*1-2H3;1-2H3;3H2,1-2H3;1-2H3;1-2H3;1-2H3;6*1-2H2. The highest BCUT2D eigenvalue weighted by Gasteiger charge is 2.20. The Balaban J connectivity index is -0.0000000307. The fourth-order valence-corrected chi connectivity index (χ4v) is 2.30. The van der Waals surface area contributed by atoms with Crippen LogP contribution in [0.3, 0.4) is 0 Å². The van der Waals surface area contributed by atoms with Crippen LogP contribution in [0.1, 0.15) is 61.8 Å². The van der Waals surface area contributed by atoms with Crippen molar-refractivity contribution in [1.82, 2.24) is 27.0 Å². The summed E-state index contributed by atoms with van der Waals surface area (Å²) >= 11 is 1.75. The summed E-state index contributed by atoms with van der Waals surface area (Å²) in [7, 11) is 8.76. The largest absolute Gasteiger partial charge is 0.507 e. The molecular weight excluding hydrogens is 1280 g/mol. The van der Waals surface area contributed by atoms with E-state index >= 15 is 0 Å². The molecule has 0 aromatic heterocycles. The average Bonchev–Trinajstić information content (AvgIpc) is 3.36. The van der Waals surface area contributed by atoms with E-state index in [-0.39, 0.29) is 29.5 Å². The molecule has 2 amide bonds. The van der Waals surface area contributed by atoms with E-state index in [4.69, 9.17) is 0 Å². The van der Waals surface area contributed by atoms with E-state index in [0.29, 0.717) is 3.71 Å². The van der Waals surface area contributed by atoms with Crippen molar-refractivity contribution in [2.75, 3.05) is 176 Å². The van der Waals surface area contributed by atoms with E-state index in [2.05, 4.69) is 112 Å². The number of ketones is 1. The van der Waals surface area contributed by atoms with Crippen LogP contribution in [0.15, 0.2) is 78.9 Å². The van der Waals surface area contributed by atoms with Gasteiger partial charge in [0.25, 0.3) is 0 Å². The predicted molar refractivity (Wildman–Crippen MR) is 378 cm³/mol. The number of sulfonamides is 4. The lowest BCUT2D eigenvalue weighted by Crippen LogP contribution is -2.31. The van der Waals surface area contributed by atoms with Gasteiger partial charge in [0, 0.05) is 127 Å². The normalized spacial score (nSPS) is 8.45. The summed E-state index contributed by atoms with van der Waals surface area (Å²) in [5.41, 5.74) is 0. The molecule has 0 aromatic rings. The van der Waals surface area contributed by atoms with Gasteiger partial charge in [0.2, 0.25) is 51.9 Å². The molecule has 0 aliphatic carbocycles. The first kappa shape index (κ1) is 140. The maximum absolute atomic E-state index is 10.5. The van der Waals surface area contributed by atoms with Crippen LogP contribution >= 0.6 is 11.8 Å². The molecule has 0 N–H and O–H groups in total. The number of sulfone groups is 1. The molecular formula is C53H128N6O21S7. The minimum atomic E-state index is -3.62. The quantitative estimate of drug-likeness (QED) is 0.166. The summed E-state index contributed by atoms with van der Waals surface area (Å²) in [6, 6.07) is 0. The third kappa shape index (κ3) is 410. The fraction of sp³-hybridized carbons (Fsp3) is 0.660. The maximum atomic E-state index is 10.5. The van der Waals surface area contributed by atoms with Crippen molar-refractivity contribution >= 4 is 108 Å². The summed E-state index contributed by atoms with van der Waals surface area (Å²) in [5, 5.41) is 0. The number of carbonyl (C=O) groups excluding carboxylic acids is 6. The zero-order valence-electron chi connectivity index (χ0n) is 60.3. The fourth-order valence-electron chi connectivity index (χ4n) is 0.329. The van der Waals surface area contributed by atoms with Gasteiger partial charge in [0.15, 0.2) is 0 Å². The second kappa shape index (κ2) is 106. The van der Waals surface area contributed by atoms with Crippen LogP contribution in [0, 0.1) is 0 Å². The van der Waals surface area contributed by atoms with Crippen LogP contribution in [-0.2, 0) is 104 Å². The predicted octanol–water partition coefficient (Wildman–Crippen LogP) is 6.44. The lowest BCUT2D eigenvalue weighted by molar-refractivity contribution is -0.138. The minimum absolute atomic E-state index is 0.0926. The minimum Gasteiger partial charge on any atom is -0.469 e. The molecule has 0 atom stereocenters. The number of amides is 2. The summed E-state index contributed by atoms with van der Waals surface area (Å²) in [6.07, 6.45) is 14.2. The molecule has 0 rings (SSSR count). The van der Waals surface area contributed by atoms with Crippen molar-refractivity contribution in [2.24, 2.45) is 0 Å². The maximum Gasteiger partial charge on any atom is 0.507 e. The number of Topliss-reactive ketones (excluding diaryl/α,β-unsaturated/α-hetero) is 1. The van der Waals surface area contributed by atoms with E-state index < -0.39 is 66.9 Å². The van der Waals surface area contributed by atoms with Crippen molar-refractivity contribution in [2.45, 2.75) is 61.8 Å². The van der Waals surface area contributed by atoms with Crippen molar-refractivity contribution in [1.29, 1.82) is 0 Å². The molecule has 0 heterocycles. The van der Waals surface area contributed by atoms with Gasteiger partial charge in [0.05, 0.1) is 53.5 Å². The van der Waals surface area contributed by atoms with Crippen molar-refractivity contribution in [3.05, 3.63) is 78.9 Å². The number of rotatable bonds is 4. The van der Waals surface area contributed by atoms with Crippen molar-refractivity contribution < 1.29 is 94.0 Å². The van der Waals surface area contributed by atoms with Gasteiger partial charge >= 0.3 is 18.1 Å². The van der Waals surface area contributed by atoms with Gasteiger partial charge in [-0.05, 0) is 47.5 Å². The first-order chi connectivity index (χ1) is 38.7. The van der Waals surface area contributed by atoms with E-state index in [1.165, 1.54) is 114 Å². The molecule has 0 saturated carbocycles. The lowest BCUT2D eigenvalue weighted by atomic mass is 10.6. The Bertz CT molecular complexity index is 1920. The van der Waals surface area contributed by atoms with E-state index in [1.807, 2.05) is 38.6 Å². The average molecular weight is 1410 g/mol. The first-order valence-electron chi connectivity index (χ1n) is 23.5. The van der Waals surface area contributed by atoms with Gasteiger partial charge in [-0.3, -0.25) is 23.4 Å². The van der Waals surface area contributed by atoms with Gasteiger partial charge in [-0.2, -0.15) is 11.8 Å². The van der Waals surface area contributed by atoms with E-state index in [1.54, 1.807) is 52.5 Å². The van der Waals surface area contributed by atoms with Crippen LogP contribution in [-0.4, -0.2) is 285 Å². The van der Waals surface area contributed by atoms with Gasteiger partial charge in [-0.25, -0.2) is 55.5 Å². The molecule has 0 bridgehead atoms. The molecule has 27 nitrogen and oxygen atoms in total. The molecule has 0 unspecified atom stereocenters. The molecule has 0 aromatic carbocycles. The highest BCUT2D eigenvalue weighted by molar-refractivity contribution is 8.03. The lowest BCUT2D eigenvalue weighted by Gasteiger charge is -2.09. The Morgan fingerprint density at radius 2 is 0.483 bits per heavy atom. The number of carbonyl (C=O) groups is 6. The molecule has 87 heavy (non-hydrogen) atoms. The van der Waals surface area contributed by atoms with Crippen molar-refractivity contribution in [3.8, 4) is 0 Å². The highest BCUT2D eigenvalue weighted by Crippen LogP contribution is 1.98. The van der Waals surface area contributed by atoms with Crippen LogP contribution < -0.4 is 0 Å². The molecule has 538 valence electrons. The van der Waals surface area contributed by atoms with E-state index in [0.717, 1.165) is 53.2 Å². The van der Waals surface area contributed by atoms with Gasteiger partial charge < -0.3 is 38.4 Å². The molecule has 0 fully saturated rings. The molecule has 0 spiro atoms. The van der Waals surface area contributed by atoms with Crippen LogP contribution in [0.4, 0.5) is 4.79 Å². The summed E-state index contributed by atoms with van der Waals surface area (Å²) in [6.45, 7) is 49.1. The second-order valence-corrected chi connectivity index (χ2v) is 28.4. The van der Waals surface area contributed by atoms with Gasteiger partial charge in [-0.1, -0.05) is 24.0 Å². The Kier molecular flexibility index (Phi) is 171. The second-order valence-electron chi connectivity index (χ2n) is 15.1. The molecule has 0 aliphatic heterocycles. The van der Waals surface area contributed by atoms with Gasteiger partial charge in [0.1, 0.15) is 15.6 Å². The number of thioether (sulfide) groups is 1. The topological polar surface area (TPSA) is 347 Å². The third-order valence-corrected chi connectivity index (χ3v) is 10.6. The molecule has 34 heteroatoms. The number of ether oxygens (including phenoxy) is 4. The number of methoxy groups -OCH3 is 4. The summed E-state index contributed by atoms with van der Waals surface area (Å²) in [4.78, 5) is 63.6. The number of nitrogens with zero attached hydrogens (tertiary/aromatic N) is 6. The van der Waals surface area contributed by atoms with Crippen LogP contribution in [0.2, 0.25) is 0 Å². The Labute approximate surface area is 542 Å². The molecule has 0 aliphatic rings. The zero-order valence-corrected chi connectivity index (χ0v) is 66.0. The Morgan fingerprint density at radius 3 is 0.483 bits per heavy atom. The highest BCUT2D eigenvalue weighted by atomic mass is 32.3.